The number of nitrogens with zero attached hydrogens (tertiary/aromatic N) is 1. The molecule has 3 nitrogen and oxygen atoms in total. The highest BCUT2D eigenvalue weighted by Crippen LogP contribution is 2.17. The number of rotatable bonds is 4. The maximum absolute atomic E-state index is 12.9. The van der Waals surface area contributed by atoms with Gasteiger partial charge in [0.05, 0.1) is 6.54 Å². The van der Waals surface area contributed by atoms with Gasteiger partial charge < -0.3 is 4.74 Å². The first-order chi connectivity index (χ1) is 6.74. The van der Waals surface area contributed by atoms with Crippen LogP contribution in [0.1, 0.15) is 0 Å². The van der Waals surface area contributed by atoms with Crippen LogP contribution in [0.5, 0.6) is 5.75 Å². The number of isocyanates is 1. The fraction of sp³-hybridized carbons (Fsp3) is 0.222. The van der Waals surface area contributed by atoms with Crippen molar-refractivity contribution in [3.8, 4) is 5.75 Å². The van der Waals surface area contributed by atoms with Gasteiger partial charge in [0, 0.05) is 6.07 Å². The van der Waals surface area contributed by atoms with Crippen LogP contribution in [0.2, 0.25) is 0 Å². The minimum Gasteiger partial charge on any atom is -0.489 e. The SMILES string of the molecule is O=C=NCCOc1ccc(F)cc1F. The van der Waals surface area contributed by atoms with Gasteiger partial charge in [0.25, 0.3) is 0 Å². The highest BCUT2D eigenvalue weighted by Gasteiger charge is 2.03. The molecule has 1 rings (SSSR count). The molecular weight excluding hydrogens is 192 g/mol. The van der Waals surface area contributed by atoms with E-state index in [1.807, 2.05) is 0 Å². The molecule has 0 N–H and O–H groups in total. The van der Waals surface area contributed by atoms with Gasteiger partial charge in [-0.2, -0.15) is 0 Å². The number of hydrogen-bond donors (Lipinski definition) is 0. The van der Waals surface area contributed by atoms with Crippen LogP contribution in [-0.4, -0.2) is 19.2 Å². The van der Waals surface area contributed by atoms with Crippen LogP contribution in [0.4, 0.5) is 8.78 Å². The highest BCUT2D eigenvalue weighted by atomic mass is 19.1. The first-order valence-corrected chi connectivity index (χ1v) is 3.85. The number of carbonyl (C=O) groups excluding carboxylic acids is 1. The predicted molar refractivity (Wildman–Crippen MR) is 44.8 cm³/mol. The van der Waals surface area contributed by atoms with E-state index in [4.69, 9.17) is 4.74 Å². The topological polar surface area (TPSA) is 38.7 Å². The second kappa shape index (κ2) is 5.09. The van der Waals surface area contributed by atoms with E-state index in [1.54, 1.807) is 0 Å². The molecule has 0 atom stereocenters. The Morgan fingerprint density at radius 2 is 2.21 bits per heavy atom. The molecule has 0 heterocycles. The second-order valence-electron chi connectivity index (χ2n) is 2.40. The van der Waals surface area contributed by atoms with Gasteiger partial charge in [-0.25, -0.2) is 18.6 Å². The smallest absolute Gasteiger partial charge is 0.235 e. The largest absolute Gasteiger partial charge is 0.489 e. The Bertz CT molecular complexity index is 362. The zero-order chi connectivity index (χ0) is 10.4. The second-order valence-corrected chi connectivity index (χ2v) is 2.40. The van der Waals surface area contributed by atoms with E-state index >= 15 is 0 Å². The standard InChI is InChI=1S/C9H7F2NO2/c10-7-1-2-9(8(11)5-7)14-4-3-12-6-13/h1-2,5H,3-4H2. The molecule has 0 amide bonds. The number of aliphatic imine (C=N–C) groups is 1. The molecule has 0 aliphatic heterocycles. The van der Waals surface area contributed by atoms with Crippen molar-refractivity contribution < 1.29 is 18.3 Å². The molecule has 0 unspecified atom stereocenters. The average Bonchev–Trinajstić information content (AvgIpc) is 2.15. The Labute approximate surface area is 79.0 Å². The van der Waals surface area contributed by atoms with Crippen molar-refractivity contribution in [1.82, 2.24) is 0 Å². The minimum absolute atomic E-state index is 0.0534. The fourth-order valence-corrected chi connectivity index (χ4v) is 0.839. The zero-order valence-corrected chi connectivity index (χ0v) is 7.17. The number of ether oxygens (including phenoxy) is 1. The molecule has 0 aliphatic carbocycles. The minimum atomic E-state index is -0.778. The molecule has 0 aromatic heterocycles. The number of hydrogen-bond acceptors (Lipinski definition) is 3. The normalized spacial score (nSPS) is 9.29. The Kier molecular flexibility index (Phi) is 3.76. The lowest BCUT2D eigenvalue weighted by Crippen LogP contribution is -2.02. The van der Waals surface area contributed by atoms with Gasteiger partial charge in [-0.3, -0.25) is 0 Å². The van der Waals surface area contributed by atoms with Crippen molar-refractivity contribution in [2.75, 3.05) is 13.2 Å². The maximum atomic E-state index is 12.9. The lowest BCUT2D eigenvalue weighted by atomic mass is 10.3. The van der Waals surface area contributed by atoms with Gasteiger partial charge in [0.1, 0.15) is 12.4 Å². The lowest BCUT2D eigenvalue weighted by molar-refractivity contribution is 0.310. The van der Waals surface area contributed by atoms with E-state index in [0.717, 1.165) is 12.1 Å². The molecule has 0 bridgehead atoms. The molecule has 0 aliphatic rings. The summed E-state index contributed by atoms with van der Waals surface area (Å²) in [4.78, 5) is 12.9. The summed E-state index contributed by atoms with van der Waals surface area (Å²) in [5.41, 5.74) is 0. The van der Waals surface area contributed by atoms with Gasteiger partial charge in [-0.1, -0.05) is 0 Å². The van der Waals surface area contributed by atoms with Crippen molar-refractivity contribution in [2.24, 2.45) is 4.99 Å². The molecular formula is C9H7F2NO2. The highest BCUT2D eigenvalue weighted by molar-refractivity contribution is 5.32. The van der Waals surface area contributed by atoms with Crippen LogP contribution in [0.3, 0.4) is 0 Å². The predicted octanol–water partition coefficient (Wildman–Crippen LogP) is 1.68. The first-order valence-electron chi connectivity index (χ1n) is 3.85. The Morgan fingerprint density at radius 1 is 1.43 bits per heavy atom. The van der Waals surface area contributed by atoms with Crippen LogP contribution in [0.25, 0.3) is 0 Å². The number of halogens is 2. The van der Waals surface area contributed by atoms with E-state index in [2.05, 4.69) is 4.99 Å². The fourth-order valence-electron chi connectivity index (χ4n) is 0.839. The third-order valence-corrected chi connectivity index (χ3v) is 1.42. The van der Waals surface area contributed by atoms with Crippen molar-refractivity contribution in [3.63, 3.8) is 0 Å². The van der Waals surface area contributed by atoms with Gasteiger partial charge in [0.2, 0.25) is 6.08 Å². The van der Waals surface area contributed by atoms with Crippen LogP contribution >= 0.6 is 0 Å². The molecule has 5 heteroatoms. The van der Waals surface area contributed by atoms with Gasteiger partial charge >= 0.3 is 0 Å². The maximum Gasteiger partial charge on any atom is 0.235 e. The van der Waals surface area contributed by atoms with Gasteiger partial charge in [-0.05, 0) is 12.1 Å². The summed E-state index contributed by atoms with van der Waals surface area (Å²) in [6.07, 6.45) is 1.32. The van der Waals surface area contributed by atoms with E-state index in [1.165, 1.54) is 12.1 Å². The van der Waals surface area contributed by atoms with Crippen molar-refractivity contribution in [2.45, 2.75) is 0 Å². The quantitative estimate of drug-likeness (QED) is 0.420. The van der Waals surface area contributed by atoms with E-state index in [9.17, 15) is 13.6 Å². The summed E-state index contributed by atoms with van der Waals surface area (Å²) < 4.78 is 30.2. The summed E-state index contributed by atoms with van der Waals surface area (Å²) >= 11 is 0. The molecule has 1 aromatic rings. The molecule has 0 fully saturated rings. The average molecular weight is 199 g/mol. The monoisotopic (exact) mass is 199 g/mol. The lowest BCUT2D eigenvalue weighted by Gasteiger charge is -2.04. The van der Waals surface area contributed by atoms with Gasteiger partial charge in [0.15, 0.2) is 11.6 Å². The molecule has 14 heavy (non-hydrogen) atoms. The molecule has 1 aromatic carbocycles. The van der Waals surface area contributed by atoms with Crippen molar-refractivity contribution in [3.05, 3.63) is 29.8 Å². The molecule has 0 saturated carbocycles. The Balaban J connectivity index is 2.54. The van der Waals surface area contributed by atoms with Crippen molar-refractivity contribution in [1.29, 1.82) is 0 Å². The van der Waals surface area contributed by atoms with Crippen LogP contribution in [0, 0.1) is 11.6 Å². The van der Waals surface area contributed by atoms with Crippen molar-refractivity contribution >= 4 is 6.08 Å². The summed E-state index contributed by atoms with van der Waals surface area (Å²) in [6, 6.07) is 2.98. The first kappa shape index (κ1) is 10.3. The van der Waals surface area contributed by atoms with E-state index in [-0.39, 0.29) is 18.9 Å². The third kappa shape index (κ3) is 2.95. The van der Waals surface area contributed by atoms with Crippen LogP contribution in [0.15, 0.2) is 23.2 Å². The summed E-state index contributed by atoms with van der Waals surface area (Å²) in [5.74, 6) is -1.51. The van der Waals surface area contributed by atoms with Gasteiger partial charge in [-0.15, -0.1) is 0 Å². The molecule has 0 saturated heterocycles. The number of benzene rings is 1. The molecule has 0 spiro atoms. The van der Waals surface area contributed by atoms with E-state index < -0.39 is 11.6 Å². The zero-order valence-electron chi connectivity index (χ0n) is 7.17. The Hall–Kier alpha value is -1.74. The summed E-state index contributed by atoms with van der Waals surface area (Å²) in [5, 5.41) is 0. The molecule has 0 radical (unpaired) electrons. The van der Waals surface area contributed by atoms with Crippen LogP contribution < -0.4 is 4.74 Å². The summed E-state index contributed by atoms with van der Waals surface area (Å²) in [6.45, 7) is 0.151. The third-order valence-electron chi connectivity index (χ3n) is 1.42. The Morgan fingerprint density at radius 3 is 2.86 bits per heavy atom. The molecule has 74 valence electrons. The summed E-state index contributed by atoms with van der Waals surface area (Å²) in [7, 11) is 0. The van der Waals surface area contributed by atoms with Crippen LogP contribution in [-0.2, 0) is 4.79 Å². The van der Waals surface area contributed by atoms with E-state index in [0.29, 0.717) is 0 Å².